The third-order valence-electron chi connectivity index (χ3n) is 10.6. The van der Waals surface area contributed by atoms with Crippen LogP contribution in [0, 0.1) is 10.8 Å². The Labute approximate surface area is 356 Å². The van der Waals surface area contributed by atoms with Crippen LogP contribution in [0.2, 0.25) is 0 Å². The molecule has 8 heteroatoms. The Morgan fingerprint density at radius 2 is 0.933 bits per heavy atom. The smallest absolute Gasteiger partial charge is 0.340 e. The minimum Gasteiger partial charge on any atom is -0.450 e. The Hall–Kier alpha value is -6.28. The number of ether oxygens (including phenoxy) is 2. The van der Waals surface area contributed by atoms with Crippen molar-refractivity contribution in [3.05, 3.63) is 190 Å². The van der Waals surface area contributed by atoms with Crippen molar-refractivity contribution in [1.29, 1.82) is 0 Å². The second-order valence-electron chi connectivity index (χ2n) is 16.7. The average Bonchev–Trinajstić information content (AvgIpc) is 3.20. The zero-order chi connectivity index (χ0) is 44.0. The fraction of sp³-hybridized carbons (Fsp3) is 0.308. The van der Waals surface area contributed by atoms with Gasteiger partial charge in [-0.15, -0.1) is 0 Å². The van der Waals surface area contributed by atoms with Crippen LogP contribution in [-0.4, -0.2) is 45.7 Å². The fourth-order valence-corrected chi connectivity index (χ4v) is 7.12. The number of hydrogen-bond acceptors (Lipinski definition) is 8. The summed E-state index contributed by atoms with van der Waals surface area (Å²) in [4.78, 5) is 59.5. The van der Waals surface area contributed by atoms with Gasteiger partial charge < -0.3 is 9.47 Å². The van der Waals surface area contributed by atoms with Crippen molar-refractivity contribution in [3.8, 4) is 0 Å². The van der Waals surface area contributed by atoms with Gasteiger partial charge in [-0.25, -0.2) is 9.59 Å². The van der Waals surface area contributed by atoms with Crippen molar-refractivity contribution >= 4 is 23.5 Å². The summed E-state index contributed by atoms with van der Waals surface area (Å²) in [5.74, 6) is -1.44. The van der Waals surface area contributed by atoms with Crippen molar-refractivity contribution in [2.75, 3.05) is 0 Å². The van der Waals surface area contributed by atoms with Crippen LogP contribution in [0.4, 0.5) is 0 Å². The predicted octanol–water partition coefficient (Wildman–Crippen LogP) is 11.4. The van der Waals surface area contributed by atoms with E-state index in [1.165, 1.54) is 12.4 Å². The quantitative estimate of drug-likeness (QED) is 0.137. The number of esters is 2. The Bertz CT molecular complexity index is 2120. The number of nitrogens with zero attached hydrogens (tertiary/aromatic N) is 2. The van der Waals surface area contributed by atoms with Crippen LogP contribution < -0.4 is 0 Å². The number of allylic oxidation sites excluding steroid dienone is 20. The molecule has 0 aromatic carbocycles. The van der Waals surface area contributed by atoms with Crippen LogP contribution in [0.5, 0.6) is 0 Å². The molecular weight excluding hydrogens is 749 g/mol. The van der Waals surface area contributed by atoms with Gasteiger partial charge in [0, 0.05) is 37.6 Å². The van der Waals surface area contributed by atoms with E-state index in [1.807, 2.05) is 113 Å². The molecule has 0 radical (unpaired) electrons. The summed E-state index contributed by atoms with van der Waals surface area (Å²) in [7, 11) is 0. The van der Waals surface area contributed by atoms with Gasteiger partial charge in [-0.3, -0.25) is 19.6 Å². The molecule has 0 bridgehead atoms. The number of carbonyl (C=O) groups is 4. The highest BCUT2D eigenvalue weighted by molar-refractivity contribution is 6.03. The molecule has 2 aliphatic carbocycles. The molecule has 0 amide bonds. The molecule has 2 unspecified atom stereocenters. The average molecular weight is 807 g/mol. The number of pyridine rings is 2. The molecule has 312 valence electrons. The lowest BCUT2D eigenvalue weighted by atomic mass is 9.71. The largest absolute Gasteiger partial charge is 0.450 e. The summed E-state index contributed by atoms with van der Waals surface area (Å²) < 4.78 is 11.2. The molecule has 0 saturated carbocycles. The Morgan fingerprint density at radius 1 is 0.583 bits per heavy atom. The minimum absolute atomic E-state index is 0.174. The van der Waals surface area contributed by atoms with E-state index in [0.717, 1.165) is 33.4 Å². The van der Waals surface area contributed by atoms with Gasteiger partial charge in [0.2, 0.25) is 0 Å². The van der Waals surface area contributed by atoms with Crippen molar-refractivity contribution in [2.24, 2.45) is 10.8 Å². The SMILES string of the molecule is CC1=C(/C=C/C(C)=C/C=C/C(C)=C/C=C/C=C(C)/C=C/C=C(C)/C=C/C2=C(C)C(=O)C(OC(=O)c3cccnc3)CC2(C)C)C(C)(C)CC(OC(=O)c2cccnc2)C1=O. The highest BCUT2D eigenvalue weighted by Gasteiger charge is 2.41. The highest BCUT2D eigenvalue weighted by Crippen LogP contribution is 2.42. The third kappa shape index (κ3) is 13.1. The number of Topliss-reactive ketones (excluding diaryl/α,β-unsaturated/α-hetero) is 2. The summed E-state index contributed by atoms with van der Waals surface area (Å²) in [6.45, 7) is 20.0. The van der Waals surface area contributed by atoms with E-state index in [-0.39, 0.29) is 22.4 Å². The van der Waals surface area contributed by atoms with Gasteiger partial charge in [0.25, 0.3) is 0 Å². The number of ketones is 2. The number of aromatic nitrogens is 2. The van der Waals surface area contributed by atoms with Gasteiger partial charge in [-0.2, -0.15) is 0 Å². The molecule has 0 saturated heterocycles. The van der Waals surface area contributed by atoms with Gasteiger partial charge in [-0.1, -0.05) is 135 Å². The molecule has 60 heavy (non-hydrogen) atoms. The summed E-state index contributed by atoms with van der Waals surface area (Å²) >= 11 is 0. The van der Waals surface area contributed by atoms with E-state index in [4.69, 9.17) is 9.47 Å². The summed E-state index contributed by atoms with van der Waals surface area (Å²) in [5, 5.41) is 0. The van der Waals surface area contributed by atoms with Crippen LogP contribution in [0.15, 0.2) is 179 Å². The molecular formula is C52H58N2O6. The first-order valence-electron chi connectivity index (χ1n) is 20.2. The van der Waals surface area contributed by atoms with Crippen molar-refractivity contribution in [1.82, 2.24) is 9.97 Å². The molecule has 4 rings (SSSR count). The number of carbonyl (C=O) groups excluding carboxylic acids is 4. The van der Waals surface area contributed by atoms with Crippen LogP contribution in [0.3, 0.4) is 0 Å². The third-order valence-corrected chi connectivity index (χ3v) is 10.6. The lowest BCUT2D eigenvalue weighted by molar-refractivity contribution is -0.126. The van der Waals surface area contributed by atoms with Gasteiger partial charge >= 0.3 is 11.9 Å². The van der Waals surface area contributed by atoms with Crippen molar-refractivity contribution in [2.45, 2.75) is 94.3 Å². The summed E-state index contributed by atoms with van der Waals surface area (Å²) in [5.41, 5.74) is 7.23. The summed E-state index contributed by atoms with van der Waals surface area (Å²) in [6, 6.07) is 6.57. The van der Waals surface area contributed by atoms with Gasteiger partial charge in [0.05, 0.1) is 11.1 Å². The lowest BCUT2D eigenvalue weighted by Crippen LogP contribution is -2.39. The van der Waals surface area contributed by atoms with E-state index in [2.05, 4.69) is 37.7 Å². The zero-order valence-electron chi connectivity index (χ0n) is 36.6. The Kier molecular flexibility index (Phi) is 16.3. The molecule has 2 heterocycles. The zero-order valence-corrected chi connectivity index (χ0v) is 36.6. The first-order chi connectivity index (χ1) is 28.4. The van der Waals surface area contributed by atoms with E-state index in [9.17, 15) is 19.2 Å². The summed E-state index contributed by atoms with van der Waals surface area (Å²) in [6.07, 6.45) is 33.4. The maximum Gasteiger partial charge on any atom is 0.340 e. The Morgan fingerprint density at radius 3 is 1.28 bits per heavy atom. The van der Waals surface area contributed by atoms with E-state index < -0.39 is 24.1 Å². The van der Waals surface area contributed by atoms with Crippen LogP contribution in [0.1, 0.15) is 103 Å². The van der Waals surface area contributed by atoms with E-state index in [1.54, 1.807) is 50.5 Å². The van der Waals surface area contributed by atoms with Crippen LogP contribution in [0.25, 0.3) is 0 Å². The van der Waals surface area contributed by atoms with Crippen molar-refractivity contribution in [3.63, 3.8) is 0 Å². The van der Waals surface area contributed by atoms with Gasteiger partial charge in [0.15, 0.2) is 23.8 Å². The fourth-order valence-electron chi connectivity index (χ4n) is 7.12. The Balaban J connectivity index is 1.28. The second-order valence-corrected chi connectivity index (χ2v) is 16.7. The first kappa shape index (κ1) is 46.4. The molecule has 2 aromatic rings. The lowest BCUT2D eigenvalue weighted by Gasteiger charge is -2.36. The first-order valence-corrected chi connectivity index (χ1v) is 20.2. The molecule has 2 atom stereocenters. The molecule has 8 nitrogen and oxygen atoms in total. The van der Waals surface area contributed by atoms with E-state index in [0.29, 0.717) is 35.1 Å². The van der Waals surface area contributed by atoms with Crippen LogP contribution in [-0.2, 0) is 19.1 Å². The highest BCUT2D eigenvalue weighted by atomic mass is 16.6. The predicted molar refractivity (Wildman–Crippen MR) is 240 cm³/mol. The molecule has 2 aliphatic rings. The minimum atomic E-state index is -0.834. The molecule has 0 fully saturated rings. The standard InChI is InChI=1S/C52H58N2O6/c1-35(19-13-21-37(3)25-27-43-39(5)47(55)45(31-51(43,7)8)59-49(57)41-23-15-29-53-33-41)17-11-12-18-36(2)20-14-22-38(4)26-28-44-40(6)48(56)46(32-52(44,9)10)60-50(58)42-24-16-30-54-34-42/h11-30,33-34,45-46H,31-32H2,1-10H3/b12-11+,19-13+,20-14+,27-25+,28-26+,35-17+,36-18+,37-21+,38-22+. The molecule has 0 aliphatic heterocycles. The van der Waals surface area contributed by atoms with Gasteiger partial charge in [0.1, 0.15) is 0 Å². The molecule has 0 spiro atoms. The van der Waals surface area contributed by atoms with Crippen LogP contribution >= 0.6 is 0 Å². The van der Waals surface area contributed by atoms with E-state index >= 15 is 0 Å². The second kappa shape index (κ2) is 21.1. The molecule has 2 aromatic heterocycles. The maximum absolute atomic E-state index is 13.2. The number of hydrogen-bond donors (Lipinski definition) is 0. The normalized spacial score (nSPS) is 20.8. The monoisotopic (exact) mass is 806 g/mol. The number of rotatable bonds is 14. The maximum atomic E-state index is 13.2. The van der Waals surface area contributed by atoms with Crippen molar-refractivity contribution < 1.29 is 28.7 Å². The molecule has 0 N–H and O–H groups in total. The van der Waals surface area contributed by atoms with Gasteiger partial charge in [-0.05, 0) is 98.9 Å². The topological polar surface area (TPSA) is 113 Å².